The maximum absolute atomic E-state index is 3.36. The summed E-state index contributed by atoms with van der Waals surface area (Å²) in [5.74, 6) is 0.560. The van der Waals surface area contributed by atoms with Gasteiger partial charge in [0.25, 0.3) is 0 Å². The summed E-state index contributed by atoms with van der Waals surface area (Å²) in [5, 5.41) is 5.39. The molecule has 0 aliphatic heterocycles. The van der Waals surface area contributed by atoms with Gasteiger partial charge in [0.05, 0.1) is 0 Å². The smallest absolute Gasteiger partial charge is 0.0771 e. The van der Waals surface area contributed by atoms with E-state index in [0.29, 0.717) is 5.92 Å². The Labute approximate surface area is 194 Å². The van der Waals surface area contributed by atoms with Crippen molar-refractivity contribution in [3.63, 3.8) is 0 Å². The fourth-order valence-corrected chi connectivity index (χ4v) is 3.07. The minimum atomic E-state index is 0. The molecule has 0 bridgehead atoms. The summed E-state index contributed by atoms with van der Waals surface area (Å²) in [6.07, 6.45) is 3.48. The molecule has 3 aromatic rings. The van der Waals surface area contributed by atoms with Crippen LogP contribution in [-0.4, -0.2) is 6.19 Å². The van der Waals surface area contributed by atoms with Crippen LogP contribution in [0.5, 0.6) is 0 Å². The topological polar surface area (TPSA) is 0 Å². The zero-order valence-corrected chi connectivity index (χ0v) is 21.8. The van der Waals surface area contributed by atoms with Crippen molar-refractivity contribution in [3.05, 3.63) is 77.4 Å². The van der Waals surface area contributed by atoms with E-state index in [2.05, 4.69) is 121 Å². The molecule has 0 saturated carbocycles. The molecule has 1 aliphatic rings. The van der Waals surface area contributed by atoms with Gasteiger partial charge in [-0.3, -0.25) is 6.08 Å². The molecule has 0 nitrogen and oxygen atoms in total. The van der Waals surface area contributed by atoms with E-state index in [9.17, 15) is 0 Å². The molecule has 0 amide bonds. The summed E-state index contributed by atoms with van der Waals surface area (Å²) < 4.78 is 0. The quantitative estimate of drug-likeness (QED) is 0.233. The van der Waals surface area contributed by atoms with Crippen LogP contribution in [0, 0.1) is 12.0 Å². The van der Waals surface area contributed by atoms with E-state index < -0.39 is 0 Å². The zero-order valence-electron chi connectivity index (χ0n) is 17.6. The second-order valence-electron chi connectivity index (χ2n) is 7.12. The van der Waals surface area contributed by atoms with Crippen molar-refractivity contribution in [3.8, 4) is 0 Å². The van der Waals surface area contributed by atoms with Crippen LogP contribution in [-0.2, 0) is 19.2 Å². The standard InChI is InChI=1S/C13H9.C9H13.C2H6Si.2ClH.Ti/c1-3-7-12-10(5-1)9-11-6-2-4-8-13(11)12;1-6-5-7(2)9(4)8(6)3;1-3-2;;;/h1-9H;6H,1-4H3;1-2H3;2*1H;/q2*-1;;;;+2. The zero-order chi connectivity index (χ0) is 19.3. The first kappa shape index (κ1) is 27.3. The number of hydrogen-bond acceptors (Lipinski definition) is 0. The van der Waals surface area contributed by atoms with Crippen molar-refractivity contribution in [2.45, 2.75) is 40.8 Å². The molecule has 28 heavy (non-hydrogen) atoms. The number of fused-ring (bicyclic) bond motifs is 3. The van der Waals surface area contributed by atoms with Gasteiger partial charge in [0.15, 0.2) is 0 Å². The van der Waals surface area contributed by atoms with E-state index in [0.717, 1.165) is 0 Å². The predicted molar refractivity (Wildman–Crippen MR) is 129 cm³/mol. The number of benzene rings is 2. The summed E-state index contributed by atoms with van der Waals surface area (Å²) in [6, 6.07) is 19.3. The van der Waals surface area contributed by atoms with Crippen LogP contribution in [0.25, 0.3) is 21.5 Å². The van der Waals surface area contributed by atoms with E-state index in [1.165, 1.54) is 38.3 Å². The molecule has 0 aromatic heterocycles. The van der Waals surface area contributed by atoms with Crippen molar-refractivity contribution in [1.82, 2.24) is 0 Å². The number of allylic oxidation sites excluding steroid dienone is 4. The maximum atomic E-state index is 3.36. The minimum Gasteiger partial charge on any atom is -0.147 e. The summed E-state index contributed by atoms with van der Waals surface area (Å²) in [4.78, 5) is 0. The average molecular weight is 465 g/mol. The Morgan fingerprint density at radius 1 is 0.857 bits per heavy atom. The molecule has 0 fully saturated rings. The van der Waals surface area contributed by atoms with Crippen molar-refractivity contribution in [2.75, 3.05) is 0 Å². The van der Waals surface area contributed by atoms with Gasteiger partial charge in [-0.15, -0.1) is 71.5 Å². The third-order valence-corrected chi connectivity index (χ3v) is 4.76. The molecule has 0 saturated heterocycles. The van der Waals surface area contributed by atoms with Crippen LogP contribution in [0.4, 0.5) is 0 Å². The first-order valence-corrected chi connectivity index (χ1v) is 14.0. The number of hydrogen-bond donors (Lipinski definition) is 0. The van der Waals surface area contributed by atoms with Crippen LogP contribution in [0.3, 0.4) is 0 Å². The number of halogens is 2. The predicted octanol–water partition coefficient (Wildman–Crippen LogP) is 8.06. The van der Waals surface area contributed by atoms with Gasteiger partial charge in [-0.05, 0) is 0 Å². The largest absolute Gasteiger partial charge is 0.147 e. The van der Waals surface area contributed by atoms with E-state index >= 15 is 0 Å². The van der Waals surface area contributed by atoms with Crippen LogP contribution in [0.1, 0.15) is 27.7 Å². The molecule has 4 rings (SSSR count). The second kappa shape index (κ2) is 12.8. The summed E-state index contributed by atoms with van der Waals surface area (Å²) >= 11 is 2.27. The first-order chi connectivity index (χ1) is 12.3. The van der Waals surface area contributed by atoms with Gasteiger partial charge in [0.2, 0.25) is 0 Å². The van der Waals surface area contributed by atoms with Crippen molar-refractivity contribution < 1.29 is 19.2 Å². The molecule has 4 heteroatoms. The van der Waals surface area contributed by atoms with Gasteiger partial charge in [0, 0.05) is 0 Å². The minimum absolute atomic E-state index is 0. The molecule has 0 spiro atoms. The Hall–Kier alpha value is -0.699. The molecule has 3 aromatic carbocycles. The van der Waals surface area contributed by atoms with Crippen molar-refractivity contribution in [1.29, 1.82) is 0 Å². The van der Waals surface area contributed by atoms with Gasteiger partial charge in [-0.2, -0.15) is 11.1 Å². The molecular weight excluding hydrogens is 435 g/mol. The first-order valence-electron chi connectivity index (χ1n) is 9.14. The van der Waals surface area contributed by atoms with Crippen LogP contribution in [0.2, 0.25) is 13.1 Å². The van der Waals surface area contributed by atoms with Crippen LogP contribution < -0.4 is 0 Å². The van der Waals surface area contributed by atoms with E-state index in [-0.39, 0.29) is 31.0 Å². The molecule has 0 N–H and O–H groups in total. The molecule has 0 radical (unpaired) electrons. The molecule has 148 valence electrons. The van der Waals surface area contributed by atoms with Gasteiger partial charge in [0.1, 0.15) is 0 Å². The fourth-order valence-electron chi connectivity index (χ4n) is 3.07. The van der Waals surface area contributed by atoms with E-state index in [4.69, 9.17) is 0 Å². The SMILES string of the molecule is CC1=[C-]C(C)C(C)=C1C.C[Si](C)=[Ti+2].Cl.Cl.c1ccc2c(c1)[cH-]c1ccccc12. The van der Waals surface area contributed by atoms with Gasteiger partial charge in [-0.1, -0.05) is 63.1 Å². The molecular formula is C24H30Cl2SiTi. The third kappa shape index (κ3) is 7.28. The van der Waals surface area contributed by atoms with Crippen LogP contribution >= 0.6 is 24.8 Å². The Morgan fingerprint density at radius 2 is 1.25 bits per heavy atom. The maximum Gasteiger partial charge on any atom is -0.0771 e. The molecule has 1 unspecified atom stereocenters. The molecule has 1 atom stereocenters. The Bertz CT molecular complexity index is 928. The average Bonchev–Trinajstić information content (AvgIpc) is 3.08. The van der Waals surface area contributed by atoms with Gasteiger partial charge < -0.3 is 0 Å². The van der Waals surface area contributed by atoms with Crippen LogP contribution in [0.15, 0.2) is 71.3 Å². The summed E-state index contributed by atoms with van der Waals surface area (Å²) in [6.45, 7) is 13.2. The Morgan fingerprint density at radius 3 is 1.54 bits per heavy atom. The van der Waals surface area contributed by atoms with Crippen molar-refractivity contribution in [2.24, 2.45) is 5.92 Å². The van der Waals surface area contributed by atoms with Gasteiger partial charge in [-0.25, -0.2) is 5.57 Å². The molecule has 1 aliphatic carbocycles. The normalized spacial score (nSPS) is 14.9. The summed E-state index contributed by atoms with van der Waals surface area (Å²) in [7, 11) is 0. The van der Waals surface area contributed by atoms with Crippen molar-refractivity contribution >= 4 is 52.5 Å². The van der Waals surface area contributed by atoms with Gasteiger partial charge >= 0.3 is 38.5 Å². The summed E-state index contributed by atoms with van der Waals surface area (Å²) in [5.41, 5.74) is 4.25. The van der Waals surface area contributed by atoms with E-state index in [1.54, 1.807) is 0 Å². The Kier molecular flexibility index (Phi) is 12.5. The third-order valence-electron chi connectivity index (χ3n) is 4.76. The second-order valence-corrected chi connectivity index (χ2v) is 13.8. The van der Waals surface area contributed by atoms with E-state index in [1.807, 2.05) is 0 Å². The Balaban J connectivity index is 0.000000432. The number of rotatable bonds is 0. The fraction of sp³-hybridized carbons (Fsp3) is 0.292. The monoisotopic (exact) mass is 464 g/mol. The molecule has 0 heterocycles.